The van der Waals surface area contributed by atoms with E-state index in [2.05, 4.69) is 15.8 Å². The van der Waals surface area contributed by atoms with Gasteiger partial charge in [0.05, 0.1) is 19.3 Å². The summed E-state index contributed by atoms with van der Waals surface area (Å²) in [7, 11) is 3.07. The van der Waals surface area contributed by atoms with E-state index in [0.29, 0.717) is 41.7 Å². The second-order valence-corrected chi connectivity index (χ2v) is 6.39. The molecule has 2 amide bonds. The lowest BCUT2D eigenvalue weighted by atomic mass is 10.2. The fourth-order valence-electron chi connectivity index (χ4n) is 2.66. The largest absolute Gasteiger partial charge is 0.496 e. The van der Waals surface area contributed by atoms with Crippen LogP contribution < -0.4 is 20.1 Å². The van der Waals surface area contributed by atoms with Gasteiger partial charge in [0.1, 0.15) is 18.1 Å². The summed E-state index contributed by atoms with van der Waals surface area (Å²) in [6, 6.07) is 15.4. The molecule has 0 bridgehead atoms. The third kappa shape index (κ3) is 6.06. The Bertz CT molecular complexity index is 1020. The maximum absolute atomic E-state index is 12.4. The van der Waals surface area contributed by atoms with E-state index in [1.54, 1.807) is 55.6 Å². The van der Waals surface area contributed by atoms with Crippen molar-refractivity contribution in [1.29, 1.82) is 0 Å². The summed E-state index contributed by atoms with van der Waals surface area (Å²) in [5.74, 6) is 0.855. The number of amides is 2. The molecule has 9 heteroatoms. The van der Waals surface area contributed by atoms with Crippen LogP contribution in [0.1, 0.15) is 26.6 Å². The fourth-order valence-corrected chi connectivity index (χ4v) is 2.66. The molecular weight excluding hydrogens is 402 g/mol. The van der Waals surface area contributed by atoms with E-state index in [1.807, 2.05) is 0 Å². The van der Waals surface area contributed by atoms with Crippen LogP contribution >= 0.6 is 0 Å². The molecule has 0 fully saturated rings. The number of nitrogens with one attached hydrogen (secondary N) is 2. The number of methoxy groups -OCH3 is 2. The Labute approximate surface area is 179 Å². The van der Waals surface area contributed by atoms with Crippen LogP contribution in [0.3, 0.4) is 0 Å². The van der Waals surface area contributed by atoms with Crippen molar-refractivity contribution in [2.45, 2.75) is 6.61 Å². The number of ether oxygens (including phenoxy) is 3. The van der Waals surface area contributed by atoms with Gasteiger partial charge in [0.2, 0.25) is 0 Å². The molecule has 0 radical (unpaired) electrons. The number of hydrogen-bond donors (Lipinski definition) is 2. The Kier molecular flexibility index (Phi) is 7.61. The zero-order valence-electron chi connectivity index (χ0n) is 17.2. The van der Waals surface area contributed by atoms with Gasteiger partial charge in [-0.2, -0.15) is 0 Å². The minimum atomic E-state index is -0.345. The first-order valence-corrected chi connectivity index (χ1v) is 9.50. The summed E-state index contributed by atoms with van der Waals surface area (Å²) in [5.41, 5.74) is 1.22. The average Bonchev–Trinajstić information content (AvgIpc) is 3.28. The summed E-state index contributed by atoms with van der Waals surface area (Å²) in [5, 5.41) is 9.20. The molecule has 0 aliphatic heterocycles. The molecule has 0 saturated carbocycles. The molecule has 0 aliphatic carbocycles. The van der Waals surface area contributed by atoms with E-state index in [-0.39, 0.29) is 24.1 Å². The molecular formula is C22H23N3O6. The van der Waals surface area contributed by atoms with Gasteiger partial charge in [0.25, 0.3) is 11.8 Å². The number of anilines is 1. The molecule has 0 spiro atoms. The van der Waals surface area contributed by atoms with Gasteiger partial charge >= 0.3 is 0 Å². The lowest BCUT2D eigenvalue weighted by molar-refractivity contribution is 0.0927. The van der Waals surface area contributed by atoms with Crippen LogP contribution in [0.15, 0.2) is 59.1 Å². The van der Waals surface area contributed by atoms with E-state index in [9.17, 15) is 9.59 Å². The molecule has 31 heavy (non-hydrogen) atoms. The van der Waals surface area contributed by atoms with E-state index < -0.39 is 0 Å². The lowest BCUT2D eigenvalue weighted by Gasteiger charge is -2.10. The van der Waals surface area contributed by atoms with Gasteiger partial charge in [-0.3, -0.25) is 9.59 Å². The van der Waals surface area contributed by atoms with Gasteiger partial charge in [-0.15, -0.1) is 0 Å². The van der Waals surface area contributed by atoms with E-state index >= 15 is 0 Å². The molecule has 0 unspecified atom stereocenters. The van der Waals surface area contributed by atoms with Crippen molar-refractivity contribution in [1.82, 2.24) is 10.5 Å². The van der Waals surface area contributed by atoms with Crippen LogP contribution in [-0.2, 0) is 11.3 Å². The molecule has 0 saturated heterocycles. The van der Waals surface area contributed by atoms with Crippen LogP contribution in [0.2, 0.25) is 0 Å². The predicted molar refractivity (Wildman–Crippen MR) is 112 cm³/mol. The first-order chi connectivity index (χ1) is 15.1. The van der Waals surface area contributed by atoms with E-state index in [4.69, 9.17) is 18.7 Å². The van der Waals surface area contributed by atoms with Gasteiger partial charge in [-0.05, 0) is 36.4 Å². The molecule has 3 rings (SSSR count). The highest BCUT2D eigenvalue weighted by atomic mass is 16.5. The minimum Gasteiger partial charge on any atom is -0.496 e. The van der Waals surface area contributed by atoms with Crippen LogP contribution in [0.5, 0.6) is 11.5 Å². The Morgan fingerprint density at radius 3 is 2.55 bits per heavy atom. The molecule has 1 heterocycles. The smallest absolute Gasteiger partial charge is 0.273 e. The number of nitrogens with zero attached hydrogens (tertiary/aromatic N) is 1. The maximum atomic E-state index is 12.4. The topological polar surface area (TPSA) is 112 Å². The standard InChI is InChI=1S/C22H23N3O6/c1-28-12-11-23-22(27)19-13-17(31-25-19)14-30-16-9-7-15(8-10-16)24-21(26)18-5-3-4-6-20(18)29-2/h3-10,13H,11-12,14H2,1-2H3,(H,23,27)(H,24,26). The van der Waals surface area contributed by atoms with Crippen LogP contribution in [-0.4, -0.2) is 44.3 Å². The second-order valence-electron chi connectivity index (χ2n) is 6.39. The Balaban J connectivity index is 1.52. The van der Waals surface area contributed by atoms with Crippen molar-refractivity contribution >= 4 is 17.5 Å². The van der Waals surface area contributed by atoms with Crippen LogP contribution in [0, 0.1) is 0 Å². The molecule has 2 N–H and O–H groups in total. The highest BCUT2D eigenvalue weighted by molar-refractivity contribution is 6.06. The Morgan fingerprint density at radius 1 is 1.03 bits per heavy atom. The maximum Gasteiger partial charge on any atom is 0.273 e. The fraction of sp³-hybridized carbons (Fsp3) is 0.227. The molecule has 162 valence electrons. The van der Waals surface area contributed by atoms with Gasteiger partial charge in [-0.25, -0.2) is 0 Å². The van der Waals surface area contributed by atoms with Gasteiger partial charge in [0.15, 0.2) is 11.5 Å². The van der Waals surface area contributed by atoms with Crippen molar-refractivity contribution in [3.05, 3.63) is 71.6 Å². The molecule has 0 atom stereocenters. The normalized spacial score (nSPS) is 10.4. The number of para-hydroxylation sites is 1. The van der Waals surface area contributed by atoms with Crippen molar-refractivity contribution in [3.8, 4) is 11.5 Å². The summed E-state index contributed by atoms with van der Waals surface area (Å²) >= 11 is 0. The summed E-state index contributed by atoms with van der Waals surface area (Å²) in [6.07, 6.45) is 0. The first kappa shape index (κ1) is 21.8. The molecule has 2 aromatic carbocycles. The number of aromatic nitrogens is 1. The molecule has 3 aromatic rings. The van der Waals surface area contributed by atoms with Crippen molar-refractivity contribution in [2.75, 3.05) is 32.7 Å². The van der Waals surface area contributed by atoms with Gasteiger partial charge in [0, 0.05) is 25.4 Å². The zero-order chi connectivity index (χ0) is 22.1. The number of hydrogen-bond acceptors (Lipinski definition) is 7. The predicted octanol–water partition coefficient (Wildman–Crippen LogP) is 2.89. The highest BCUT2D eigenvalue weighted by Gasteiger charge is 2.13. The molecule has 1 aromatic heterocycles. The Morgan fingerprint density at radius 2 is 1.81 bits per heavy atom. The quantitative estimate of drug-likeness (QED) is 0.480. The summed E-state index contributed by atoms with van der Waals surface area (Å²) in [6.45, 7) is 0.897. The highest BCUT2D eigenvalue weighted by Crippen LogP contribution is 2.21. The zero-order valence-corrected chi connectivity index (χ0v) is 17.2. The first-order valence-electron chi connectivity index (χ1n) is 9.50. The average molecular weight is 425 g/mol. The van der Waals surface area contributed by atoms with Crippen molar-refractivity contribution in [2.24, 2.45) is 0 Å². The SMILES string of the molecule is COCCNC(=O)c1cc(COc2ccc(NC(=O)c3ccccc3OC)cc2)on1. The lowest BCUT2D eigenvalue weighted by Crippen LogP contribution is -2.27. The minimum absolute atomic E-state index is 0.102. The van der Waals surface area contributed by atoms with Crippen molar-refractivity contribution < 1.29 is 28.3 Å². The summed E-state index contributed by atoms with van der Waals surface area (Å²) < 4.78 is 20.9. The Hall–Kier alpha value is -3.85. The summed E-state index contributed by atoms with van der Waals surface area (Å²) in [4.78, 5) is 24.4. The van der Waals surface area contributed by atoms with E-state index in [1.165, 1.54) is 13.2 Å². The molecule has 0 aliphatic rings. The van der Waals surface area contributed by atoms with E-state index in [0.717, 1.165) is 0 Å². The van der Waals surface area contributed by atoms with Crippen molar-refractivity contribution in [3.63, 3.8) is 0 Å². The number of rotatable bonds is 10. The van der Waals surface area contributed by atoms with Crippen LogP contribution in [0.4, 0.5) is 5.69 Å². The molecule has 9 nitrogen and oxygen atoms in total. The second kappa shape index (κ2) is 10.8. The third-order valence-corrected chi connectivity index (χ3v) is 4.23. The van der Waals surface area contributed by atoms with Crippen LogP contribution in [0.25, 0.3) is 0 Å². The monoisotopic (exact) mass is 425 g/mol. The van der Waals surface area contributed by atoms with Gasteiger partial charge in [-0.1, -0.05) is 17.3 Å². The number of benzene rings is 2. The van der Waals surface area contributed by atoms with Gasteiger partial charge < -0.3 is 29.4 Å². The number of carbonyl (C=O) groups is 2. The number of carbonyl (C=O) groups excluding carboxylic acids is 2. The third-order valence-electron chi connectivity index (χ3n) is 4.23.